The van der Waals surface area contributed by atoms with E-state index in [9.17, 15) is 4.79 Å². The van der Waals surface area contributed by atoms with Gasteiger partial charge in [0.05, 0.1) is 5.02 Å². The monoisotopic (exact) mass is 324 g/mol. The molecule has 6 heteroatoms. The Bertz CT molecular complexity index is 559. The van der Waals surface area contributed by atoms with Crippen LogP contribution in [-0.2, 0) is 0 Å². The highest BCUT2D eigenvalue weighted by Gasteiger charge is 2.28. The quantitative estimate of drug-likeness (QED) is 0.925. The molecule has 2 aliphatic heterocycles. The van der Waals surface area contributed by atoms with Crippen LogP contribution in [0.3, 0.4) is 0 Å². The van der Waals surface area contributed by atoms with Crippen LogP contribution in [0.15, 0.2) is 12.1 Å². The molecule has 0 radical (unpaired) electrons. The van der Waals surface area contributed by atoms with Gasteiger partial charge in [0.1, 0.15) is 0 Å². The summed E-state index contributed by atoms with van der Waals surface area (Å²) in [6.45, 7) is 4.92. The molecular weight excluding hydrogens is 304 g/mol. The lowest BCUT2D eigenvalue weighted by Gasteiger charge is -2.34. The summed E-state index contributed by atoms with van der Waals surface area (Å²) in [7, 11) is 0. The lowest BCUT2D eigenvalue weighted by molar-refractivity contribution is 0.0642. The third-order valence-electron chi connectivity index (χ3n) is 4.15. The second-order valence-electron chi connectivity index (χ2n) is 5.67. The van der Waals surface area contributed by atoms with E-state index >= 15 is 0 Å². The zero-order chi connectivity index (χ0) is 15.5. The average Bonchev–Trinajstić information content (AvgIpc) is 3.02. The van der Waals surface area contributed by atoms with E-state index in [4.69, 9.17) is 21.1 Å². The molecule has 0 saturated carbocycles. The summed E-state index contributed by atoms with van der Waals surface area (Å²) in [5, 5.41) is 3.77. The Morgan fingerprint density at radius 2 is 2.14 bits per heavy atom. The van der Waals surface area contributed by atoms with Gasteiger partial charge in [-0.3, -0.25) is 4.79 Å². The molecular formula is C16H21ClN2O3. The van der Waals surface area contributed by atoms with Crippen LogP contribution in [0.4, 0.5) is 0 Å². The van der Waals surface area contributed by atoms with Crippen LogP contribution in [0.2, 0.25) is 5.02 Å². The van der Waals surface area contributed by atoms with E-state index < -0.39 is 0 Å². The van der Waals surface area contributed by atoms with Crippen molar-refractivity contribution >= 4 is 17.5 Å². The molecule has 120 valence electrons. The van der Waals surface area contributed by atoms with Crippen molar-refractivity contribution in [2.24, 2.45) is 0 Å². The fraction of sp³-hybridized carbons (Fsp3) is 0.562. The van der Waals surface area contributed by atoms with Gasteiger partial charge in [-0.1, -0.05) is 18.5 Å². The zero-order valence-corrected chi connectivity index (χ0v) is 13.5. The number of rotatable bonds is 4. The first-order valence-electron chi connectivity index (χ1n) is 7.81. The van der Waals surface area contributed by atoms with Gasteiger partial charge >= 0.3 is 0 Å². The van der Waals surface area contributed by atoms with Crippen LogP contribution in [-0.4, -0.2) is 43.3 Å². The molecule has 0 atom stereocenters. The average molecular weight is 325 g/mol. The number of hydrogen-bond donors (Lipinski definition) is 1. The predicted molar refractivity (Wildman–Crippen MR) is 84.8 cm³/mol. The van der Waals surface area contributed by atoms with Gasteiger partial charge in [0.2, 0.25) is 6.79 Å². The highest BCUT2D eigenvalue weighted by atomic mass is 35.5. The summed E-state index contributed by atoms with van der Waals surface area (Å²) in [4.78, 5) is 14.9. The van der Waals surface area contributed by atoms with Gasteiger partial charge in [-0.05, 0) is 44.5 Å². The van der Waals surface area contributed by atoms with Crippen LogP contribution >= 0.6 is 11.6 Å². The molecule has 1 aromatic rings. The molecule has 3 rings (SSSR count). The molecule has 0 bridgehead atoms. The number of halogens is 1. The fourth-order valence-electron chi connectivity index (χ4n) is 3.07. The summed E-state index contributed by atoms with van der Waals surface area (Å²) < 4.78 is 10.7. The summed E-state index contributed by atoms with van der Waals surface area (Å²) >= 11 is 6.20. The second-order valence-corrected chi connectivity index (χ2v) is 6.08. The van der Waals surface area contributed by atoms with Crippen LogP contribution < -0.4 is 14.8 Å². The Hall–Kier alpha value is -1.46. The molecule has 2 heterocycles. The van der Waals surface area contributed by atoms with E-state index in [1.807, 2.05) is 4.90 Å². The minimum Gasteiger partial charge on any atom is -0.454 e. The number of nitrogens with one attached hydrogen (secondary N) is 1. The van der Waals surface area contributed by atoms with E-state index in [1.165, 1.54) is 0 Å². The first kappa shape index (κ1) is 15.4. The number of carbonyl (C=O) groups excluding carboxylic acids is 1. The molecule has 1 saturated heterocycles. The molecule has 22 heavy (non-hydrogen) atoms. The lowest BCUT2D eigenvalue weighted by atomic mass is 10.0. The van der Waals surface area contributed by atoms with Gasteiger partial charge in [-0.25, -0.2) is 0 Å². The SMILES string of the molecule is CCCN(C(=O)c1cc(Cl)c2c(c1)OCO2)C1CCNCC1. The largest absolute Gasteiger partial charge is 0.454 e. The van der Waals surface area contributed by atoms with Crippen LogP contribution in [0.1, 0.15) is 36.5 Å². The van der Waals surface area contributed by atoms with Crippen molar-refractivity contribution in [3.8, 4) is 11.5 Å². The first-order chi connectivity index (χ1) is 10.7. The minimum atomic E-state index is 0.0222. The summed E-state index contributed by atoms with van der Waals surface area (Å²) in [6, 6.07) is 3.71. The van der Waals surface area contributed by atoms with E-state index in [0.717, 1.165) is 38.9 Å². The van der Waals surface area contributed by atoms with Gasteiger partial charge in [0.25, 0.3) is 5.91 Å². The number of piperidine rings is 1. The van der Waals surface area contributed by atoms with Crippen molar-refractivity contribution in [3.63, 3.8) is 0 Å². The van der Waals surface area contributed by atoms with Crippen molar-refractivity contribution in [3.05, 3.63) is 22.7 Å². The Morgan fingerprint density at radius 3 is 2.86 bits per heavy atom. The number of nitrogens with zero attached hydrogens (tertiary/aromatic N) is 1. The Balaban J connectivity index is 1.85. The fourth-order valence-corrected chi connectivity index (χ4v) is 3.33. The van der Waals surface area contributed by atoms with Crippen molar-refractivity contribution in [1.29, 1.82) is 0 Å². The molecule has 2 aliphatic rings. The number of fused-ring (bicyclic) bond motifs is 1. The summed E-state index contributed by atoms with van der Waals surface area (Å²) in [6.07, 6.45) is 2.92. The van der Waals surface area contributed by atoms with Crippen LogP contribution in [0.25, 0.3) is 0 Å². The third-order valence-corrected chi connectivity index (χ3v) is 4.43. The maximum atomic E-state index is 12.9. The Kier molecular flexibility index (Phi) is 4.74. The number of hydrogen-bond acceptors (Lipinski definition) is 4. The smallest absolute Gasteiger partial charge is 0.254 e. The Labute approximate surface area is 135 Å². The number of amides is 1. The maximum Gasteiger partial charge on any atom is 0.254 e. The molecule has 1 amide bonds. The van der Waals surface area contributed by atoms with Gasteiger partial charge < -0.3 is 19.7 Å². The van der Waals surface area contributed by atoms with Crippen molar-refractivity contribution < 1.29 is 14.3 Å². The molecule has 1 aromatic carbocycles. The molecule has 0 aromatic heterocycles. The normalized spacial score (nSPS) is 17.5. The van der Waals surface area contributed by atoms with E-state index in [-0.39, 0.29) is 18.7 Å². The molecule has 0 spiro atoms. The number of ether oxygens (including phenoxy) is 2. The first-order valence-corrected chi connectivity index (χ1v) is 8.19. The van der Waals surface area contributed by atoms with E-state index in [2.05, 4.69) is 12.2 Å². The van der Waals surface area contributed by atoms with Crippen molar-refractivity contribution in [1.82, 2.24) is 10.2 Å². The Morgan fingerprint density at radius 1 is 1.36 bits per heavy atom. The molecule has 0 unspecified atom stereocenters. The van der Waals surface area contributed by atoms with Gasteiger partial charge in [0, 0.05) is 18.2 Å². The molecule has 5 nitrogen and oxygen atoms in total. The topological polar surface area (TPSA) is 50.8 Å². The van der Waals surface area contributed by atoms with Crippen LogP contribution in [0.5, 0.6) is 11.5 Å². The van der Waals surface area contributed by atoms with Gasteiger partial charge in [-0.15, -0.1) is 0 Å². The van der Waals surface area contributed by atoms with Gasteiger partial charge in [-0.2, -0.15) is 0 Å². The second kappa shape index (κ2) is 6.75. The predicted octanol–water partition coefficient (Wildman–Crippen LogP) is 2.67. The number of carbonyl (C=O) groups is 1. The third kappa shape index (κ3) is 3.01. The summed E-state index contributed by atoms with van der Waals surface area (Å²) in [5.41, 5.74) is 0.571. The maximum absolute atomic E-state index is 12.9. The summed E-state index contributed by atoms with van der Waals surface area (Å²) in [5.74, 6) is 1.11. The standard InChI is InChI=1S/C16H21ClN2O3/c1-2-7-19(12-3-5-18-6-4-12)16(20)11-8-13(17)15-14(9-11)21-10-22-15/h8-9,12,18H,2-7,10H2,1H3. The van der Waals surface area contributed by atoms with Crippen molar-refractivity contribution in [2.75, 3.05) is 26.4 Å². The highest BCUT2D eigenvalue weighted by Crippen LogP contribution is 2.40. The lowest BCUT2D eigenvalue weighted by Crippen LogP contribution is -2.46. The highest BCUT2D eigenvalue weighted by molar-refractivity contribution is 6.32. The van der Waals surface area contributed by atoms with Crippen LogP contribution in [0, 0.1) is 0 Å². The van der Waals surface area contributed by atoms with Gasteiger partial charge in [0.15, 0.2) is 11.5 Å². The number of benzene rings is 1. The molecule has 1 fully saturated rings. The molecule has 0 aliphatic carbocycles. The zero-order valence-electron chi connectivity index (χ0n) is 12.7. The minimum absolute atomic E-state index is 0.0222. The van der Waals surface area contributed by atoms with E-state index in [1.54, 1.807) is 12.1 Å². The molecule has 1 N–H and O–H groups in total. The van der Waals surface area contributed by atoms with Crippen molar-refractivity contribution in [2.45, 2.75) is 32.2 Å². The van der Waals surface area contributed by atoms with E-state index in [0.29, 0.717) is 22.1 Å².